The van der Waals surface area contributed by atoms with Crippen molar-refractivity contribution in [1.82, 2.24) is 9.80 Å². The summed E-state index contributed by atoms with van der Waals surface area (Å²) in [4.78, 5) is 16.7. The highest BCUT2D eigenvalue weighted by molar-refractivity contribution is 5.95. The molecule has 104 valence electrons. The van der Waals surface area contributed by atoms with E-state index < -0.39 is 0 Å². The summed E-state index contributed by atoms with van der Waals surface area (Å²) in [5.41, 5.74) is 1.81. The molecule has 0 spiro atoms. The second kappa shape index (κ2) is 6.06. The molecule has 1 N–H and O–H groups in total. The fraction of sp³-hybridized carbons (Fsp3) is 0.533. The van der Waals surface area contributed by atoms with Crippen LogP contribution in [0.3, 0.4) is 0 Å². The summed E-state index contributed by atoms with van der Waals surface area (Å²) < 4.78 is 0. The van der Waals surface area contributed by atoms with Gasteiger partial charge in [-0.25, -0.2) is 0 Å². The lowest BCUT2D eigenvalue weighted by Gasteiger charge is -2.27. The van der Waals surface area contributed by atoms with E-state index in [0.717, 1.165) is 37.2 Å². The first-order valence-corrected chi connectivity index (χ1v) is 6.85. The number of likely N-dealkylation sites (N-methyl/N-ethyl adjacent to an activating group) is 1. The van der Waals surface area contributed by atoms with Crippen LogP contribution in [0, 0.1) is 0 Å². The Morgan fingerprint density at radius 2 is 2.05 bits per heavy atom. The van der Waals surface area contributed by atoms with Crippen LogP contribution < -0.4 is 5.32 Å². The SMILES string of the molecule is CNc1ccc(C(=O)N2CCCC2CN(C)C)cc1. The van der Waals surface area contributed by atoms with Crippen LogP contribution >= 0.6 is 0 Å². The zero-order valence-electron chi connectivity index (χ0n) is 12.0. The van der Waals surface area contributed by atoms with Crippen LogP contribution in [-0.2, 0) is 0 Å². The fourth-order valence-electron chi connectivity index (χ4n) is 2.66. The van der Waals surface area contributed by atoms with Crippen molar-refractivity contribution in [2.75, 3.05) is 39.5 Å². The van der Waals surface area contributed by atoms with Gasteiger partial charge in [-0.2, -0.15) is 0 Å². The number of carbonyl (C=O) groups is 1. The maximum absolute atomic E-state index is 12.5. The highest BCUT2D eigenvalue weighted by Crippen LogP contribution is 2.21. The summed E-state index contributed by atoms with van der Waals surface area (Å²) in [7, 11) is 6.00. The topological polar surface area (TPSA) is 35.6 Å². The molecule has 0 bridgehead atoms. The Labute approximate surface area is 115 Å². The van der Waals surface area contributed by atoms with Gasteiger partial charge in [-0.05, 0) is 51.2 Å². The maximum Gasteiger partial charge on any atom is 0.254 e. The number of amides is 1. The lowest BCUT2D eigenvalue weighted by molar-refractivity contribution is 0.0716. The van der Waals surface area contributed by atoms with Crippen molar-refractivity contribution in [3.63, 3.8) is 0 Å². The van der Waals surface area contributed by atoms with E-state index in [2.05, 4.69) is 24.3 Å². The Bertz CT molecular complexity index is 428. The molecule has 1 aliphatic heterocycles. The van der Waals surface area contributed by atoms with Crippen molar-refractivity contribution >= 4 is 11.6 Å². The van der Waals surface area contributed by atoms with Gasteiger partial charge < -0.3 is 15.1 Å². The number of hydrogen-bond donors (Lipinski definition) is 1. The first-order valence-electron chi connectivity index (χ1n) is 6.85. The second-order valence-corrected chi connectivity index (χ2v) is 5.38. The van der Waals surface area contributed by atoms with Gasteiger partial charge in [0.15, 0.2) is 0 Å². The molecule has 1 heterocycles. The number of likely N-dealkylation sites (tertiary alicyclic amines) is 1. The molecule has 1 aromatic carbocycles. The minimum atomic E-state index is 0.159. The summed E-state index contributed by atoms with van der Waals surface area (Å²) in [5, 5.41) is 3.07. The van der Waals surface area contributed by atoms with Gasteiger partial charge >= 0.3 is 0 Å². The van der Waals surface area contributed by atoms with Crippen LogP contribution in [0.2, 0.25) is 0 Å². The smallest absolute Gasteiger partial charge is 0.254 e. The quantitative estimate of drug-likeness (QED) is 0.899. The number of nitrogens with zero attached hydrogens (tertiary/aromatic N) is 2. The fourth-order valence-corrected chi connectivity index (χ4v) is 2.66. The Morgan fingerprint density at radius 3 is 2.63 bits per heavy atom. The summed E-state index contributed by atoms with van der Waals surface area (Å²) in [6.07, 6.45) is 2.22. The molecule has 1 atom stereocenters. The van der Waals surface area contributed by atoms with Crippen LogP contribution in [0.1, 0.15) is 23.2 Å². The van der Waals surface area contributed by atoms with E-state index in [9.17, 15) is 4.79 Å². The summed E-state index contributed by atoms with van der Waals surface area (Å²) >= 11 is 0. The predicted octanol–water partition coefficient (Wildman–Crippen LogP) is 1.89. The van der Waals surface area contributed by atoms with E-state index >= 15 is 0 Å². The molecule has 1 saturated heterocycles. The van der Waals surface area contributed by atoms with E-state index in [1.54, 1.807) is 0 Å². The van der Waals surface area contributed by atoms with Gasteiger partial charge in [0, 0.05) is 37.4 Å². The number of rotatable bonds is 4. The molecule has 4 heteroatoms. The van der Waals surface area contributed by atoms with Crippen LogP contribution in [0.25, 0.3) is 0 Å². The first kappa shape index (κ1) is 13.9. The van der Waals surface area contributed by atoms with Crippen molar-refractivity contribution in [3.8, 4) is 0 Å². The van der Waals surface area contributed by atoms with Crippen molar-refractivity contribution in [2.45, 2.75) is 18.9 Å². The third-order valence-corrected chi connectivity index (χ3v) is 3.63. The molecule has 1 aromatic rings. The molecule has 19 heavy (non-hydrogen) atoms. The van der Waals surface area contributed by atoms with Gasteiger partial charge in [0.05, 0.1) is 0 Å². The van der Waals surface area contributed by atoms with Crippen molar-refractivity contribution in [1.29, 1.82) is 0 Å². The molecule has 4 nitrogen and oxygen atoms in total. The molecule has 0 aliphatic carbocycles. The number of benzene rings is 1. The van der Waals surface area contributed by atoms with E-state index in [1.165, 1.54) is 0 Å². The van der Waals surface area contributed by atoms with E-state index in [-0.39, 0.29) is 5.91 Å². The Hall–Kier alpha value is -1.55. The van der Waals surface area contributed by atoms with E-state index in [4.69, 9.17) is 0 Å². The normalized spacial score (nSPS) is 18.9. The number of carbonyl (C=O) groups excluding carboxylic acids is 1. The summed E-state index contributed by atoms with van der Waals surface area (Å²) in [6, 6.07) is 8.05. The van der Waals surface area contributed by atoms with E-state index in [1.807, 2.05) is 36.2 Å². The first-order chi connectivity index (χ1) is 9.11. The Kier molecular flexibility index (Phi) is 4.43. The minimum absolute atomic E-state index is 0.159. The molecular formula is C15H23N3O. The highest BCUT2D eigenvalue weighted by atomic mass is 16.2. The molecular weight excluding hydrogens is 238 g/mol. The average molecular weight is 261 g/mol. The van der Waals surface area contributed by atoms with Gasteiger partial charge in [0.1, 0.15) is 0 Å². The average Bonchev–Trinajstić information content (AvgIpc) is 2.85. The lowest BCUT2D eigenvalue weighted by atomic mass is 10.1. The number of nitrogens with one attached hydrogen (secondary N) is 1. The van der Waals surface area contributed by atoms with Crippen molar-refractivity contribution in [2.24, 2.45) is 0 Å². The number of anilines is 1. The Balaban J connectivity index is 2.09. The van der Waals surface area contributed by atoms with Crippen LogP contribution in [0.15, 0.2) is 24.3 Å². The molecule has 1 unspecified atom stereocenters. The molecule has 0 radical (unpaired) electrons. The van der Waals surface area contributed by atoms with Gasteiger partial charge in [-0.3, -0.25) is 4.79 Å². The molecule has 0 aromatic heterocycles. The predicted molar refractivity (Wildman–Crippen MR) is 78.6 cm³/mol. The van der Waals surface area contributed by atoms with Crippen molar-refractivity contribution < 1.29 is 4.79 Å². The monoisotopic (exact) mass is 261 g/mol. The molecule has 2 rings (SSSR count). The maximum atomic E-state index is 12.5. The van der Waals surface area contributed by atoms with E-state index in [0.29, 0.717) is 6.04 Å². The van der Waals surface area contributed by atoms with Gasteiger partial charge in [-0.1, -0.05) is 0 Å². The summed E-state index contributed by atoms with van der Waals surface area (Å²) in [5.74, 6) is 0.159. The molecule has 0 saturated carbocycles. The number of hydrogen-bond acceptors (Lipinski definition) is 3. The Morgan fingerprint density at radius 1 is 1.37 bits per heavy atom. The molecule has 1 fully saturated rings. The lowest BCUT2D eigenvalue weighted by Crippen LogP contribution is -2.41. The zero-order chi connectivity index (χ0) is 13.8. The third-order valence-electron chi connectivity index (χ3n) is 3.63. The largest absolute Gasteiger partial charge is 0.388 e. The van der Waals surface area contributed by atoms with Crippen molar-refractivity contribution in [3.05, 3.63) is 29.8 Å². The molecule has 1 aliphatic rings. The van der Waals surface area contributed by atoms with Crippen LogP contribution in [0.4, 0.5) is 5.69 Å². The van der Waals surface area contributed by atoms with Gasteiger partial charge in [0.2, 0.25) is 0 Å². The molecule has 1 amide bonds. The summed E-state index contributed by atoms with van der Waals surface area (Å²) in [6.45, 7) is 1.82. The third kappa shape index (κ3) is 3.26. The van der Waals surface area contributed by atoms with Crippen LogP contribution in [-0.4, -0.2) is 56.0 Å². The zero-order valence-corrected chi connectivity index (χ0v) is 12.0. The highest BCUT2D eigenvalue weighted by Gasteiger charge is 2.29. The van der Waals surface area contributed by atoms with Gasteiger partial charge in [0.25, 0.3) is 5.91 Å². The minimum Gasteiger partial charge on any atom is -0.388 e. The second-order valence-electron chi connectivity index (χ2n) is 5.38. The van der Waals surface area contributed by atoms with Crippen LogP contribution in [0.5, 0.6) is 0 Å². The van der Waals surface area contributed by atoms with Gasteiger partial charge in [-0.15, -0.1) is 0 Å². The standard InChI is InChI=1S/C15H23N3O/c1-16-13-8-6-12(7-9-13)15(19)18-10-4-5-14(18)11-17(2)3/h6-9,14,16H,4-5,10-11H2,1-3H3.